The van der Waals surface area contributed by atoms with Crippen molar-refractivity contribution in [3.63, 3.8) is 0 Å². The van der Waals surface area contributed by atoms with Crippen LogP contribution < -0.4 is 14.3 Å². The first-order chi connectivity index (χ1) is 19.5. The van der Waals surface area contributed by atoms with Crippen molar-refractivity contribution in [2.24, 2.45) is 0 Å². The molecule has 1 aliphatic heterocycles. The average Bonchev–Trinajstić information content (AvgIpc) is 3.75. The first kappa shape index (κ1) is 25.6. The molecule has 5 aromatic rings. The quantitative estimate of drug-likeness (QED) is 0.132. The van der Waals surface area contributed by atoms with Crippen molar-refractivity contribution in [1.29, 1.82) is 0 Å². The summed E-state index contributed by atoms with van der Waals surface area (Å²) in [5.41, 5.74) is 1.71. The van der Waals surface area contributed by atoms with Crippen LogP contribution in [0.5, 0.6) is 5.75 Å². The number of hydrogen-bond acceptors (Lipinski definition) is 9. The van der Waals surface area contributed by atoms with Crippen molar-refractivity contribution in [2.75, 3.05) is 44.4 Å². The Morgan fingerprint density at radius 1 is 1.10 bits per heavy atom. The molecule has 204 valence electrons. The van der Waals surface area contributed by atoms with Gasteiger partial charge in [-0.3, -0.25) is 14.5 Å². The zero-order chi connectivity index (χ0) is 27.8. The Morgan fingerprint density at radius 2 is 1.88 bits per heavy atom. The van der Waals surface area contributed by atoms with Gasteiger partial charge in [-0.2, -0.15) is 5.10 Å². The van der Waals surface area contributed by atoms with Gasteiger partial charge in [0.15, 0.2) is 5.82 Å². The van der Waals surface area contributed by atoms with Gasteiger partial charge < -0.3 is 14.6 Å². The fourth-order valence-corrected chi connectivity index (χ4v) is 5.16. The number of carbonyl (C=O) groups excluding carboxylic acids is 2. The molecule has 0 saturated carbocycles. The number of piperazine rings is 1. The lowest BCUT2D eigenvalue weighted by molar-refractivity contribution is -0.646. The SMILES string of the molecule is COc1cnc(-n2cnc(C)n2)c2[nH]cc(C(=O)C(=O)N3CCN(c4nc(SC)[nH][n+]4-c4ccccc4)CC3)c12. The van der Waals surface area contributed by atoms with Crippen LogP contribution in [-0.4, -0.2) is 91.0 Å². The first-order valence-electron chi connectivity index (χ1n) is 12.6. The molecular weight excluding hydrogens is 532 g/mol. The number of anilines is 1. The van der Waals surface area contributed by atoms with E-state index < -0.39 is 11.7 Å². The summed E-state index contributed by atoms with van der Waals surface area (Å²) in [5, 5.41) is 8.91. The fourth-order valence-electron chi connectivity index (χ4n) is 4.80. The lowest BCUT2D eigenvalue weighted by Gasteiger charge is -2.30. The van der Waals surface area contributed by atoms with E-state index in [-0.39, 0.29) is 5.56 Å². The number of para-hydroxylation sites is 1. The highest BCUT2D eigenvalue weighted by Gasteiger charge is 2.34. The fraction of sp³-hybridized carbons (Fsp3) is 0.269. The summed E-state index contributed by atoms with van der Waals surface area (Å²) in [7, 11) is 1.50. The monoisotopic (exact) mass is 559 g/mol. The molecule has 0 aliphatic carbocycles. The zero-order valence-corrected chi connectivity index (χ0v) is 23.0. The first-order valence-corrected chi connectivity index (χ1v) is 13.8. The summed E-state index contributed by atoms with van der Waals surface area (Å²) < 4.78 is 8.95. The largest absolute Gasteiger partial charge is 0.494 e. The molecule has 2 N–H and O–H groups in total. The number of amides is 1. The van der Waals surface area contributed by atoms with Gasteiger partial charge in [0.1, 0.15) is 23.6 Å². The Morgan fingerprint density at radius 3 is 2.55 bits per heavy atom. The molecular formula is C26H27N10O3S+. The van der Waals surface area contributed by atoms with Gasteiger partial charge in [-0.1, -0.05) is 30.0 Å². The number of rotatable bonds is 7. The molecule has 1 saturated heterocycles. The minimum atomic E-state index is -0.617. The van der Waals surface area contributed by atoms with Crippen LogP contribution in [0.15, 0.2) is 54.2 Å². The van der Waals surface area contributed by atoms with Crippen molar-refractivity contribution in [3.05, 3.63) is 60.4 Å². The van der Waals surface area contributed by atoms with E-state index in [0.717, 1.165) is 16.8 Å². The standard InChI is InChI=1S/C26H26N10O3S/c1-16-29-15-35(31-16)23-21-20(19(39-2)14-28-23)18(13-27-21)22(37)24(38)33-9-11-34(12-10-33)26-30-25(40-3)32-36(26)17-7-5-4-6-8-17/h4-8,13-15H,9-12H2,1-3H3,(H,27,28,37)/p+1. The van der Waals surface area contributed by atoms with Gasteiger partial charge in [-0.25, -0.2) is 19.7 Å². The molecule has 0 spiro atoms. The van der Waals surface area contributed by atoms with Crippen molar-refractivity contribution in [3.8, 4) is 17.3 Å². The number of benzene rings is 1. The summed E-state index contributed by atoms with van der Waals surface area (Å²) in [5.74, 6) is 0.989. The molecule has 6 rings (SSSR count). The number of fused-ring (bicyclic) bond motifs is 1. The second-order valence-corrected chi connectivity index (χ2v) is 9.95. The van der Waals surface area contributed by atoms with E-state index in [2.05, 4.69) is 30.0 Å². The molecule has 0 unspecified atom stereocenters. The van der Waals surface area contributed by atoms with Gasteiger partial charge in [0.05, 0.1) is 56.0 Å². The third kappa shape index (κ3) is 4.45. The Kier molecular flexibility index (Phi) is 6.67. The third-order valence-electron chi connectivity index (χ3n) is 6.80. The number of methoxy groups -OCH3 is 1. The number of ketones is 1. The maximum Gasteiger partial charge on any atom is 0.419 e. The number of aromatic amines is 2. The molecule has 4 aromatic heterocycles. The number of nitrogens with one attached hydrogen (secondary N) is 2. The normalized spacial score (nSPS) is 13.7. The van der Waals surface area contributed by atoms with Crippen LogP contribution in [0.1, 0.15) is 16.2 Å². The summed E-state index contributed by atoms with van der Waals surface area (Å²) in [6.07, 6.45) is 6.54. The topological polar surface area (TPSA) is 142 Å². The zero-order valence-electron chi connectivity index (χ0n) is 22.2. The number of Topliss-reactive ketones (excluding diaryl/α,β-unsaturated/α-hetero) is 1. The second kappa shape index (κ2) is 10.4. The van der Waals surface area contributed by atoms with Gasteiger partial charge >= 0.3 is 5.95 Å². The highest BCUT2D eigenvalue weighted by Crippen LogP contribution is 2.32. The Labute approximate surface area is 233 Å². The number of pyridine rings is 1. The van der Waals surface area contributed by atoms with E-state index in [1.54, 1.807) is 18.2 Å². The molecule has 1 amide bonds. The highest BCUT2D eigenvalue weighted by molar-refractivity contribution is 7.98. The highest BCUT2D eigenvalue weighted by atomic mass is 32.2. The Bertz CT molecular complexity index is 1700. The number of H-pyrrole nitrogens is 2. The number of ether oxygens (including phenoxy) is 1. The molecule has 1 aromatic carbocycles. The summed E-state index contributed by atoms with van der Waals surface area (Å²) in [4.78, 5) is 47.0. The minimum absolute atomic E-state index is 0.221. The van der Waals surface area contributed by atoms with Crippen LogP contribution in [0.3, 0.4) is 0 Å². The molecule has 14 heteroatoms. The van der Waals surface area contributed by atoms with Crippen LogP contribution in [0.4, 0.5) is 5.95 Å². The maximum atomic E-state index is 13.5. The van der Waals surface area contributed by atoms with Crippen molar-refractivity contribution in [2.45, 2.75) is 12.1 Å². The molecule has 1 aliphatic rings. The van der Waals surface area contributed by atoms with Crippen molar-refractivity contribution >= 4 is 40.3 Å². The summed E-state index contributed by atoms with van der Waals surface area (Å²) in [6.45, 7) is 3.59. The number of carbonyl (C=O) groups is 2. The smallest absolute Gasteiger partial charge is 0.419 e. The molecule has 0 atom stereocenters. The molecule has 0 radical (unpaired) electrons. The number of hydrogen-bond donors (Lipinski definition) is 2. The van der Waals surface area contributed by atoms with Crippen LogP contribution in [0.2, 0.25) is 0 Å². The number of aryl methyl sites for hydroxylation is 1. The minimum Gasteiger partial charge on any atom is -0.494 e. The van der Waals surface area contributed by atoms with Gasteiger partial charge in [0, 0.05) is 6.20 Å². The van der Waals surface area contributed by atoms with E-state index in [0.29, 0.717) is 54.5 Å². The van der Waals surface area contributed by atoms with Crippen LogP contribution >= 0.6 is 11.8 Å². The van der Waals surface area contributed by atoms with E-state index in [1.807, 2.05) is 41.3 Å². The third-order valence-corrected chi connectivity index (χ3v) is 7.37. The second-order valence-electron chi connectivity index (χ2n) is 9.15. The van der Waals surface area contributed by atoms with E-state index in [4.69, 9.17) is 9.72 Å². The van der Waals surface area contributed by atoms with Crippen molar-refractivity contribution < 1.29 is 19.0 Å². The molecule has 0 bridgehead atoms. The molecule has 13 nitrogen and oxygen atoms in total. The number of nitrogens with zero attached hydrogens (tertiary/aromatic N) is 8. The number of thioether (sulfide) groups is 1. The van der Waals surface area contributed by atoms with Crippen molar-refractivity contribution in [1.82, 2.24) is 39.7 Å². The Balaban J connectivity index is 1.23. The van der Waals surface area contributed by atoms with E-state index in [1.165, 1.54) is 35.9 Å². The summed E-state index contributed by atoms with van der Waals surface area (Å²) in [6, 6.07) is 9.92. The van der Waals surface area contributed by atoms with E-state index >= 15 is 0 Å². The predicted molar refractivity (Wildman–Crippen MR) is 147 cm³/mol. The Hall–Kier alpha value is -4.72. The maximum absolute atomic E-state index is 13.5. The van der Waals surface area contributed by atoms with Gasteiger partial charge in [0.25, 0.3) is 16.8 Å². The lowest BCUT2D eigenvalue weighted by atomic mass is 10.1. The van der Waals surface area contributed by atoms with Gasteiger partial charge in [-0.05, 0) is 30.3 Å². The van der Waals surface area contributed by atoms with E-state index in [9.17, 15) is 9.59 Å². The van der Waals surface area contributed by atoms with Gasteiger partial charge in [0.2, 0.25) is 0 Å². The molecule has 5 heterocycles. The average molecular weight is 560 g/mol. The van der Waals surface area contributed by atoms with Crippen LogP contribution in [0.25, 0.3) is 22.4 Å². The number of aromatic nitrogens is 8. The molecule has 1 fully saturated rings. The predicted octanol–water partition coefficient (Wildman–Crippen LogP) is 1.71. The lowest BCUT2D eigenvalue weighted by Crippen LogP contribution is -2.53. The van der Waals surface area contributed by atoms with Gasteiger partial charge in [-0.15, -0.1) is 4.68 Å². The molecule has 40 heavy (non-hydrogen) atoms. The summed E-state index contributed by atoms with van der Waals surface area (Å²) >= 11 is 1.52. The van der Waals surface area contributed by atoms with Crippen LogP contribution in [0, 0.1) is 6.92 Å². The van der Waals surface area contributed by atoms with Crippen LogP contribution in [-0.2, 0) is 4.79 Å².